The molecule has 19 heavy (non-hydrogen) atoms. The topological polar surface area (TPSA) is 21.3 Å². The zero-order valence-electron chi connectivity index (χ0n) is 12.5. The highest BCUT2D eigenvalue weighted by Crippen LogP contribution is 2.20. The molecule has 1 rings (SSSR count). The number of likely N-dealkylation sites (N-methyl/N-ethyl adjacent to an activating group) is 1. The SMILES string of the molecule is CCNC(Cc1ccc(OC)c(F)c1)CC(C)CC. The molecule has 0 radical (unpaired) electrons. The third kappa shape index (κ3) is 5.19. The summed E-state index contributed by atoms with van der Waals surface area (Å²) in [5.41, 5.74) is 1.02. The summed E-state index contributed by atoms with van der Waals surface area (Å²) in [5, 5.41) is 3.49. The van der Waals surface area contributed by atoms with Gasteiger partial charge in [-0.2, -0.15) is 0 Å². The number of nitrogens with one attached hydrogen (secondary N) is 1. The molecule has 0 aliphatic rings. The highest BCUT2D eigenvalue weighted by atomic mass is 19.1. The summed E-state index contributed by atoms with van der Waals surface area (Å²) in [6, 6.07) is 5.65. The summed E-state index contributed by atoms with van der Waals surface area (Å²) >= 11 is 0. The Morgan fingerprint density at radius 1 is 1.32 bits per heavy atom. The molecule has 0 aliphatic heterocycles. The maximum atomic E-state index is 13.7. The first-order valence-electron chi connectivity index (χ1n) is 7.16. The first kappa shape index (κ1) is 16.0. The maximum absolute atomic E-state index is 13.7. The molecule has 108 valence electrons. The van der Waals surface area contributed by atoms with Gasteiger partial charge in [-0.1, -0.05) is 33.3 Å². The fraction of sp³-hybridized carbons (Fsp3) is 0.625. The number of benzene rings is 1. The first-order chi connectivity index (χ1) is 9.10. The standard InChI is InChI=1S/C16H26FNO/c1-5-12(3)9-14(18-6-2)10-13-7-8-16(19-4)15(17)11-13/h7-8,11-12,14,18H,5-6,9-10H2,1-4H3. The molecular weight excluding hydrogens is 241 g/mol. The number of halogens is 1. The van der Waals surface area contributed by atoms with Crippen molar-refractivity contribution in [2.45, 2.75) is 46.1 Å². The van der Waals surface area contributed by atoms with Crippen LogP contribution in [-0.2, 0) is 6.42 Å². The van der Waals surface area contributed by atoms with Crippen molar-refractivity contribution in [3.8, 4) is 5.75 Å². The van der Waals surface area contributed by atoms with Crippen molar-refractivity contribution >= 4 is 0 Å². The molecule has 1 aromatic rings. The van der Waals surface area contributed by atoms with E-state index in [1.165, 1.54) is 13.5 Å². The average molecular weight is 267 g/mol. The summed E-state index contributed by atoms with van der Waals surface area (Å²) in [6.45, 7) is 7.53. The van der Waals surface area contributed by atoms with E-state index < -0.39 is 0 Å². The third-order valence-electron chi connectivity index (χ3n) is 3.57. The van der Waals surface area contributed by atoms with Gasteiger partial charge in [0.05, 0.1) is 7.11 Å². The van der Waals surface area contributed by atoms with Crippen molar-refractivity contribution in [1.29, 1.82) is 0 Å². The van der Waals surface area contributed by atoms with Crippen molar-refractivity contribution in [2.75, 3.05) is 13.7 Å². The molecule has 0 heterocycles. The zero-order valence-corrected chi connectivity index (χ0v) is 12.5. The second kappa shape index (κ2) is 8.16. The number of methoxy groups -OCH3 is 1. The molecule has 0 spiro atoms. The number of rotatable bonds is 8. The van der Waals surface area contributed by atoms with Crippen LogP contribution in [0.5, 0.6) is 5.75 Å². The Labute approximate surface area is 116 Å². The molecular formula is C16H26FNO. The van der Waals surface area contributed by atoms with Gasteiger partial charge in [0.25, 0.3) is 0 Å². The highest BCUT2D eigenvalue weighted by Gasteiger charge is 2.13. The van der Waals surface area contributed by atoms with Gasteiger partial charge in [-0.15, -0.1) is 0 Å². The van der Waals surface area contributed by atoms with Crippen molar-refractivity contribution in [2.24, 2.45) is 5.92 Å². The Bertz CT molecular complexity index is 381. The van der Waals surface area contributed by atoms with Crippen LogP contribution < -0.4 is 10.1 Å². The van der Waals surface area contributed by atoms with Crippen LogP contribution in [0.1, 0.15) is 39.2 Å². The third-order valence-corrected chi connectivity index (χ3v) is 3.57. The lowest BCUT2D eigenvalue weighted by molar-refractivity contribution is 0.383. The Morgan fingerprint density at radius 2 is 2.05 bits per heavy atom. The molecule has 1 aromatic carbocycles. The van der Waals surface area contributed by atoms with Gasteiger partial charge >= 0.3 is 0 Å². The van der Waals surface area contributed by atoms with E-state index in [-0.39, 0.29) is 5.82 Å². The molecule has 0 fully saturated rings. The predicted molar refractivity (Wildman–Crippen MR) is 78.2 cm³/mol. The van der Waals surface area contributed by atoms with Crippen LogP contribution in [0, 0.1) is 11.7 Å². The lowest BCUT2D eigenvalue weighted by atomic mass is 9.94. The van der Waals surface area contributed by atoms with Crippen LogP contribution in [0.15, 0.2) is 18.2 Å². The largest absolute Gasteiger partial charge is 0.494 e. The minimum atomic E-state index is -0.279. The lowest BCUT2D eigenvalue weighted by Gasteiger charge is -2.21. The average Bonchev–Trinajstić information content (AvgIpc) is 2.39. The van der Waals surface area contributed by atoms with Crippen LogP contribution in [0.3, 0.4) is 0 Å². The van der Waals surface area contributed by atoms with E-state index in [9.17, 15) is 4.39 Å². The van der Waals surface area contributed by atoms with Crippen molar-refractivity contribution in [3.05, 3.63) is 29.6 Å². The summed E-state index contributed by atoms with van der Waals surface area (Å²) in [5.74, 6) is 0.719. The Morgan fingerprint density at radius 3 is 2.58 bits per heavy atom. The van der Waals surface area contributed by atoms with Gasteiger partial charge in [0.1, 0.15) is 0 Å². The second-order valence-corrected chi connectivity index (χ2v) is 5.18. The molecule has 3 heteroatoms. The molecule has 0 bridgehead atoms. The molecule has 2 atom stereocenters. The normalized spacial score (nSPS) is 14.2. The van der Waals surface area contributed by atoms with Crippen molar-refractivity contribution in [3.63, 3.8) is 0 Å². The van der Waals surface area contributed by atoms with E-state index in [4.69, 9.17) is 4.74 Å². The number of ether oxygens (including phenoxy) is 1. The van der Waals surface area contributed by atoms with Crippen molar-refractivity contribution in [1.82, 2.24) is 5.32 Å². The summed E-state index contributed by atoms with van der Waals surface area (Å²) < 4.78 is 18.6. The molecule has 0 aromatic heterocycles. The number of hydrogen-bond acceptors (Lipinski definition) is 2. The molecule has 0 aliphatic carbocycles. The fourth-order valence-corrected chi connectivity index (χ4v) is 2.30. The van der Waals surface area contributed by atoms with Crippen LogP contribution in [-0.4, -0.2) is 19.7 Å². The van der Waals surface area contributed by atoms with E-state index in [0.29, 0.717) is 17.7 Å². The van der Waals surface area contributed by atoms with Gasteiger partial charge in [-0.05, 0) is 43.0 Å². The van der Waals surface area contributed by atoms with Crippen molar-refractivity contribution < 1.29 is 9.13 Å². The fourth-order valence-electron chi connectivity index (χ4n) is 2.30. The van der Waals surface area contributed by atoms with Crippen LogP contribution in [0.4, 0.5) is 4.39 Å². The van der Waals surface area contributed by atoms with Gasteiger partial charge in [0.15, 0.2) is 11.6 Å². The minimum absolute atomic E-state index is 0.279. The minimum Gasteiger partial charge on any atom is -0.494 e. The quantitative estimate of drug-likeness (QED) is 0.773. The van der Waals surface area contributed by atoms with Gasteiger partial charge in [0, 0.05) is 6.04 Å². The molecule has 1 N–H and O–H groups in total. The second-order valence-electron chi connectivity index (χ2n) is 5.18. The predicted octanol–water partition coefficient (Wildman–Crippen LogP) is 3.79. The van der Waals surface area contributed by atoms with E-state index in [2.05, 4.69) is 26.1 Å². The van der Waals surface area contributed by atoms with E-state index >= 15 is 0 Å². The van der Waals surface area contributed by atoms with Crippen LogP contribution in [0.25, 0.3) is 0 Å². The Kier molecular flexibility index (Phi) is 6.85. The monoisotopic (exact) mass is 267 g/mol. The number of hydrogen-bond donors (Lipinski definition) is 1. The Hall–Kier alpha value is -1.09. The van der Waals surface area contributed by atoms with E-state index in [1.807, 2.05) is 6.07 Å². The summed E-state index contributed by atoms with van der Waals surface area (Å²) in [4.78, 5) is 0. The lowest BCUT2D eigenvalue weighted by Crippen LogP contribution is -2.32. The van der Waals surface area contributed by atoms with Gasteiger partial charge in [-0.25, -0.2) is 4.39 Å². The molecule has 0 saturated carbocycles. The van der Waals surface area contributed by atoms with Crippen LogP contribution >= 0.6 is 0 Å². The smallest absolute Gasteiger partial charge is 0.165 e. The molecule has 2 unspecified atom stereocenters. The maximum Gasteiger partial charge on any atom is 0.165 e. The first-order valence-corrected chi connectivity index (χ1v) is 7.16. The highest BCUT2D eigenvalue weighted by molar-refractivity contribution is 5.29. The summed E-state index contributed by atoms with van der Waals surface area (Å²) in [6.07, 6.45) is 3.16. The molecule has 2 nitrogen and oxygen atoms in total. The van der Waals surface area contributed by atoms with Gasteiger partial charge in [0.2, 0.25) is 0 Å². The molecule has 0 saturated heterocycles. The zero-order chi connectivity index (χ0) is 14.3. The van der Waals surface area contributed by atoms with Gasteiger partial charge in [-0.3, -0.25) is 0 Å². The van der Waals surface area contributed by atoms with E-state index in [0.717, 1.165) is 24.9 Å². The summed E-state index contributed by atoms with van der Waals surface area (Å²) in [7, 11) is 1.49. The van der Waals surface area contributed by atoms with Crippen LogP contribution in [0.2, 0.25) is 0 Å². The molecule has 0 amide bonds. The van der Waals surface area contributed by atoms with E-state index in [1.54, 1.807) is 12.1 Å². The Balaban J connectivity index is 2.70. The van der Waals surface area contributed by atoms with Gasteiger partial charge < -0.3 is 10.1 Å².